The van der Waals surface area contributed by atoms with Gasteiger partial charge in [0.15, 0.2) is 17.5 Å². The van der Waals surface area contributed by atoms with E-state index in [0.717, 1.165) is 38.8 Å². The molecule has 0 fully saturated rings. The lowest BCUT2D eigenvalue weighted by molar-refractivity contribution is 1.06. The number of fused-ring (bicyclic) bond motifs is 8. The van der Waals surface area contributed by atoms with E-state index >= 15 is 0 Å². The highest BCUT2D eigenvalue weighted by Gasteiger charge is 2.19. The Kier molecular flexibility index (Phi) is 6.15. The second-order valence-electron chi connectivity index (χ2n) is 12.4. The monoisotopic (exact) mass is 624 g/mol. The lowest BCUT2D eigenvalue weighted by Crippen LogP contribution is -2.03. The van der Waals surface area contributed by atoms with E-state index in [-0.39, 0.29) is 0 Å². The summed E-state index contributed by atoms with van der Waals surface area (Å²) in [4.78, 5) is 15.4. The molecule has 0 aliphatic carbocycles. The van der Waals surface area contributed by atoms with E-state index in [4.69, 9.17) is 15.0 Å². The summed E-state index contributed by atoms with van der Waals surface area (Å²) in [5, 5.41) is 9.80. The molecule has 0 radical (unpaired) electrons. The molecular formula is C45H28N4. The third kappa shape index (κ3) is 4.42. The number of hydrogen-bond donors (Lipinski definition) is 0. The first-order valence-electron chi connectivity index (χ1n) is 16.5. The van der Waals surface area contributed by atoms with Crippen molar-refractivity contribution in [1.29, 1.82) is 0 Å². The summed E-state index contributed by atoms with van der Waals surface area (Å²) in [5.74, 6) is 1.91. The third-order valence-electron chi connectivity index (χ3n) is 9.63. The molecule has 0 spiro atoms. The lowest BCUT2D eigenvalue weighted by Gasteiger charge is -2.15. The zero-order chi connectivity index (χ0) is 32.3. The number of aromatic nitrogens is 4. The van der Waals surface area contributed by atoms with E-state index in [9.17, 15) is 0 Å². The fraction of sp³-hybridized carbons (Fsp3) is 0. The van der Waals surface area contributed by atoms with Crippen LogP contribution in [0.1, 0.15) is 0 Å². The average molecular weight is 625 g/mol. The van der Waals surface area contributed by atoms with Crippen LogP contribution >= 0.6 is 0 Å². The topological polar surface area (TPSA) is 43.6 Å². The van der Waals surface area contributed by atoms with Crippen molar-refractivity contribution < 1.29 is 0 Å². The number of rotatable bonds is 4. The van der Waals surface area contributed by atoms with Crippen LogP contribution in [0.25, 0.3) is 94.0 Å². The van der Waals surface area contributed by atoms with Crippen molar-refractivity contribution in [2.75, 3.05) is 0 Å². The van der Waals surface area contributed by atoms with E-state index < -0.39 is 0 Å². The summed E-state index contributed by atoms with van der Waals surface area (Å²) >= 11 is 0. The highest BCUT2D eigenvalue weighted by atomic mass is 15.1. The van der Waals surface area contributed by atoms with Gasteiger partial charge in [0.1, 0.15) is 0 Å². The molecule has 0 aliphatic heterocycles. The fourth-order valence-electron chi connectivity index (χ4n) is 7.35. The van der Waals surface area contributed by atoms with E-state index in [0.29, 0.717) is 17.5 Å². The quantitative estimate of drug-likeness (QED) is 0.183. The fourth-order valence-corrected chi connectivity index (χ4v) is 7.35. The molecule has 2 aromatic heterocycles. The van der Waals surface area contributed by atoms with Crippen molar-refractivity contribution in [2.45, 2.75) is 0 Å². The predicted octanol–water partition coefficient (Wildman–Crippen LogP) is 11.4. The number of benzene rings is 8. The molecule has 0 saturated heterocycles. The normalized spacial score (nSPS) is 11.7. The summed E-state index contributed by atoms with van der Waals surface area (Å²) in [5.41, 5.74) is 6.14. The van der Waals surface area contributed by atoms with Gasteiger partial charge in [0, 0.05) is 27.5 Å². The van der Waals surface area contributed by atoms with E-state index in [2.05, 4.69) is 156 Å². The molecule has 0 saturated carbocycles. The minimum absolute atomic E-state index is 0.631. The molecule has 228 valence electrons. The molecule has 4 nitrogen and oxygen atoms in total. The van der Waals surface area contributed by atoms with Crippen molar-refractivity contribution in [3.8, 4) is 39.9 Å². The van der Waals surface area contributed by atoms with E-state index in [1.54, 1.807) is 0 Å². The van der Waals surface area contributed by atoms with Crippen LogP contribution in [0, 0.1) is 0 Å². The maximum Gasteiger partial charge on any atom is 0.166 e. The molecule has 8 aromatic carbocycles. The highest BCUT2D eigenvalue weighted by Crippen LogP contribution is 2.37. The largest absolute Gasteiger partial charge is 0.309 e. The van der Waals surface area contributed by atoms with E-state index in [1.165, 1.54) is 37.7 Å². The third-order valence-corrected chi connectivity index (χ3v) is 9.63. The van der Waals surface area contributed by atoms with Crippen LogP contribution < -0.4 is 0 Å². The van der Waals surface area contributed by atoms with Gasteiger partial charge in [0.25, 0.3) is 0 Å². The predicted molar refractivity (Wildman–Crippen MR) is 203 cm³/mol. The molecule has 10 rings (SSSR count). The molecule has 0 aliphatic rings. The van der Waals surface area contributed by atoms with Crippen LogP contribution in [0.3, 0.4) is 0 Å². The zero-order valence-electron chi connectivity index (χ0n) is 26.5. The molecule has 10 aromatic rings. The second kappa shape index (κ2) is 11.0. The molecule has 4 heteroatoms. The van der Waals surface area contributed by atoms with Crippen LogP contribution in [0.5, 0.6) is 0 Å². The minimum Gasteiger partial charge on any atom is -0.309 e. The Balaban J connectivity index is 1.19. The Hall–Kier alpha value is -6.65. The number of nitrogens with zero attached hydrogens (tertiary/aromatic N) is 4. The first kappa shape index (κ1) is 27.5. The van der Waals surface area contributed by atoms with Gasteiger partial charge in [-0.25, -0.2) is 15.0 Å². The molecular weight excluding hydrogens is 597 g/mol. The van der Waals surface area contributed by atoms with Crippen LogP contribution in [-0.4, -0.2) is 19.5 Å². The number of para-hydroxylation sites is 3. The Morgan fingerprint density at radius 3 is 1.61 bits per heavy atom. The van der Waals surface area contributed by atoms with Crippen LogP contribution in [0.15, 0.2) is 170 Å². The first-order valence-corrected chi connectivity index (χ1v) is 16.5. The van der Waals surface area contributed by atoms with Crippen molar-refractivity contribution in [2.24, 2.45) is 0 Å². The van der Waals surface area contributed by atoms with Crippen LogP contribution in [0.4, 0.5) is 0 Å². The summed E-state index contributed by atoms with van der Waals surface area (Å²) < 4.78 is 2.33. The Morgan fingerprint density at radius 2 is 0.857 bits per heavy atom. The van der Waals surface area contributed by atoms with Gasteiger partial charge in [0.05, 0.1) is 16.7 Å². The lowest BCUT2D eigenvalue weighted by atomic mass is 9.96. The van der Waals surface area contributed by atoms with Crippen molar-refractivity contribution in [1.82, 2.24) is 19.5 Å². The van der Waals surface area contributed by atoms with Gasteiger partial charge >= 0.3 is 0 Å². The Morgan fingerprint density at radius 1 is 0.327 bits per heavy atom. The molecule has 0 N–H and O–H groups in total. The van der Waals surface area contributed by atoms with Gasteiger partial charge in [-0.15, -0.1) is 0 Å². The summed E-state index contributed by atoms with van der Waals surface area (Å²) in [6.07, 6.45) is 0. The number of hydrogen-bond acceptors (Lipinski definition) is 3. The smallest absolute Gasteiger partial charge is 0.166 e. The molecule has 49 heavy (non-hydrogen) atoms. The molecule has 0 amide bonds. The van der Waals surface area contributed by atoms with Crippen molar-refractivity contribution >= 4 is 54.1 Å². The maximum absolute atomic E-state index is 5.20. The maximum atomic E-state index is 5.20. The van der Waals surface area contributed by atoms with Gasteiger partial charge in [-0.1, -0.05) is 140 Å². The minimum atomic E-state index is 0.631. The Labute approximate surface area is 282 Å². The van der Waals surface area contributed by atoms with Gasteiger partial charge in [0.2, 0.25) is 0 Å². The Bertz CT molecular complexity index is 2830. The van der Waals surface area contributed by atoms with Crippen LogP contribution in [0.2, 0.25) is 0 Å². The average Bonchev–Trinajstić information content (AvgIpc) is 3.52. The van der Waals surface area contributed by atoms with Gasteiger partial charge in [-0.05, 0) is 62.6 Å². The summed E-state index contributed by atoms with van der Waals surface area (Å²) in [6, 6.07) is 59.8. The summed E-state index contributed by atoms with van der Waals surface area (Å²) in [7, 11) is 0. The van der Waals surface area contributed by atoms with Crippen LogP contribution in [-0.2, 0) is 0 Å². The second-order valence-corrected chi connectivity index (χ2v) is 12.4. The highest BCUT2D eigenvalue weighted by molar-refractivity contribution is 6.17. The van der Waals surface area contributed by atoms with Crippen molar-refractivity contribution in [3.63, 3.8) is 0 Å². The van der Waals surface area contributed by atoms with Gasteiger partial charge in [-0.2, -0.15) is 0 Å². The van der Waals surface area contributed by atoms with Gasteiger partial charge < -0.3 is 4.57 Å². The molecule has 0 atom stereocenters. The molecule has 2 heterocycles. The zero-order valence-corrected chi connectivity index (χ0v) is 26.5. The molecule has 0 bridgehead atoms. The van der Waals surface area contributed by atoms with Gasteiger partial charge in [-0.3, -0.25) is 0 Å². The first-order chi connectivity index (χ1) is 24.3. The van der Waals surface area contributed by atoms with Crippen molar-refractivity contribution in [3.05, 3.63) is 170 Å². The standard InChI is InChI=1S/C45H28N4/c1-2-13-30(14-3-1)43-46-44(32-24-25-34-31(28-32)23-27-35-33-15-5-4-12-29(33)22-26-36(34)35)48-45(47-43)39-18-8-11-21-42(39)49-40-19-9-6-16-37(40)38-17-7-10-20-41(38)49/h1-28H. The van der Waals surface area contributed by atoms with E-state index in [1.807, 2.05) is 18.2 Å². The summed E-state index contributed by atoms with van der Waals surface area (Å²) in [6.45, 7) is 0. The molecule has 0 unspecified atom stereocenters. The SMILES string of the molecule is c1ccc(-c2nc(-c3ccc4c(ccc5c6ccccc6ccc45)c3)nc(-c3ccccc3-n3c4ccccc4c4ccccc43)n2)cc1.